The number of para-hydroxylation sites is 1. The Bertz CT molecular complexity index is 1170. The van der Waals surface area contributed by atoms with Gasteiger partial charge in [0.25, 0.3) is 5.91 Å². The van der Waals surface area contributed by atoms with E-state index in [1.807, 2.05) is 30.3 Å². The van der Waals surface area contributed by atoms with Crippen LogP contribution in [0.2, 0.25) is 0 Å². The molecule has 0 bridgehead atoms. The van der Waals surface area contributed by atoms with Crippen molar-refractivity contribution in [3.8, 4) is 0 Å². The van der Waals surface area contributed by atoms with Gasteiger partial charge in [0, 0.05) is 54.6 Å². The summed E-state index contributed by atoms with van der Waals surface area (Å²) < 4.78 is 5.15. The van der Waals surface area contributed by atoms with Crippen LogP contribution in [0.4, 0.5) is 4.79 Å². The number of hydrogen-bond donors (Lipinski definition) is 4. The second-order valence-electron chi connectivity index (χ2n) is 9.33. The largest absolute Gasteiger partial charge is 0.444 e. The number of carbonyl (C=O) groups excluding carboxylic acids is 3. The number of rotatable bonds is 6. The molecule has 4 N–H and O–H groups in total. The minimum atomic E-state index is -0.588. The van der Waals surface area contributed by atoms with Crippen LogP contribution in [-0.2, 0) is 29.0 Å². The number of H-pyrrole nitrogens is 2. The number of nitrogens with zero attached hydrogens (tertiary/aromatic N) is 2. The van der Waals surface area contributed by atoms with Crippen molar-refractivity contribution in [3.05, 3.63) is 53.0 Å². The first-order valence-electron chi connectivity index (χ1n) is 11.3. The van der Waals surface area contributed by atoms with Crippen molar-refractivity contribution < 1.29 is 19.1 Å². The van der Waals surface area contributed by atoms with Crippen LogP contribution in [-0.4, -0.2) is 56.7 Å². The van der Waals surface area contributed by atoms with Gasteiger partial charge in [-0.05, 0) is 32.9 Å². The predicted molar refractivity (Wildman–Crippen MR) is 126 cm³/mol. The third-order valence-corrected chi connectivity index (χ3v) is 5.54. The van der Waals surface area contributed by atoms with E-state index in [0.717, 1.165) is 22.2 Å². The Kier molecular flexibility index (Phi) is 6.58. The highest BCUT2D eigenvalue weighted by Gasteiger charge is 2.27. The summed E-state index contributed by atoms with van der Waals surface area (Å²) in [6, 6.07) is 9.66. The Labute approximate surface area is 197 Å². The van der Waals surface area contributed by atoms with Gasteiger partial charge >= 0.3 is 6.09 Å². The lowest BCUT2D eigenvalue weighted by Crippen LogP contribution is -2.37. The number of amides is 3. The fourth-order valence-corrected chi connectivity index (χ4v) is 3.90. The molecule has 3 heterocycles. The van der Waals surface area contributed by atoms with Gasteiger partial charge in [0.15, 0.2) is 0 Å². The molecule has 3 amide bonds. The van der Waals surface area contributed by atoms with Crippen LogP contribution in [0.5, 0.6) is 0 Å². The number of aromatic amines is 2. The summed E-state index contributed by atoms with van der Waals surface area (Å²) in [6.07, 6.45) is 0.236. The van der Waals surface area contributed by atoms with Crippen molar-refractivity contribution in [2.75, 3.05) is 13.1 Å². The molecule has 0 fully saturated rings. The van der Waals surface area contributed by atoms with Crippen molar-refractivity contribution >= 4 is 28.8 Å². The fourth-order valence-electron chi connectivity index (χ4n) is 3.90. The Morgan fingerprint density at radius 2 is 1.97 bits per heavy atom. The maximum Gasteiger partial charge on any atom is 0.407 e. The molecule has 10 nitrogen and oxygen atoms in total. The molecule has 0 saturated carbocycles. The van der Waals surface area contributed by atoms with E-state index in [4.69, 9.17) is 4.74 Å². The average molecular weight is 467 g/mol. The Balaban J connectivity index is 1.30. The lowest BCUT2D eigenvalue weighted by molar-refractivity contribution is -0.121. The van der Waals surface area contributed by atoms with E-state index in [-0.39, 0.29) is 31.3 Å². The van der Waals surface area contributed by atoms with Crippen molar-refractivity contribution in [2.45, 2.75) is 52.3 Å². The number of benzene rings is 1. The Hall–Kier alpha value is -3.82. The molecule has 0 atom stereocenters. The Morgan fingerprint density at radius 1 is 1.18 bits per heavy atom. The van der Waals surface area contributed by atoms with Gasteiger partial charge in [-0.2, -0.15) is 5.10 Å². The van der Waals surface area contributed by atoms with Crippen molar-refractivity contribution in [2.24, 2.45) is 0 Å². The molecule has 0 aliphatic carbocycles. The summed E-state index contributed by atoms with van der Waals surface area (Å²) in [4.78, 5) is 41.9. The molecule has 2 aromatic heterocycles. The number of hydrogen-bond acceptors (Lipinski definition) is 5. The van der Waals surface area contributed by atoms with Crippen LogP contribution in [0.25, 0.3) is 10.9 Å². The van der Waals surface area contributed by atoms with Gasteiger partial charge < -0.3 is 25.3 Å². The van der Waals surface area contributed by atoms with E-state index in [2.05, 4.69) is 25.8 Å². The SMILES string of the molecule is CC(C)(C)OC(=O)NCCC(=O)NCc1n[nH]c2c1CN(C(=O)c1cc3ccccc3[nH]1)CC2. The molecule has 180 valence electrons. The number of nitrogens with one attached hydrogen (secondary N) is 4. The summed E-state index contributed by atoms with van der Waals surface area (Å²) in [5.74, 6) is -0.277. The van der Waals surface area contributed by atoms with Gasteiger partial charge in [0.1, 0.15) is 11.3 Å². The van der Waals surface area contributed by atoms with E-state index in [9.17, 15) is 14.4 Å². The molecule has 0 saturated heterocycles. The molecular weight excluding hydrogens is 436 g/mol. The van der Waals surface area contributed by atoms with E-state index < -0.39 is 11.7 Å². The van der Waals surface area contributed by atoms with Gasteiger partial charge in [-0.15, -0.1) is 0 Å². The number of ether oxygens (including phenoxy) is 1. The Morgan fingerprint density at radius 3 is 2.74 bits per heavy atom. The summed E-state index contributed by atoms with van der Waals surface area (Å²) in [5.41, 5.74) is 3.52. The highest BCUT2D eigenvalue weighted by Crippen LogP contribution is 2.23. The first-order chi connectivity index (χ1) is 16.2. The smallest absolute Gasteiger partial charge is 0.407 e. The molecule has 3 aromatic rings. The first kappa shape index (κ1) is 23.3. The van der Waals surface area contributed by atoms with E-state index >= 15 is 0 Å². The summed E-state index contributed by atoms with van der Waals surface area (Å²) in [7, 11) is 0. The normalized spacial score (nSPS) is 13.4. The third kappa shape index (κ3) is 5.56. The highest BCUT2D eigenvalue weighted by atomic mass is 16.6. The van der Waals surface area contributed by atoms with Gasteiger partial charge in [-0.3, -0.25) is 14.7 Å². The minimum Gasteiger partial charge on any atom is -0.444 e. The molecule has 4 rings (SSSR count). The van der Waals surface area contributed by atoms with Crippen molar-refractivity contribution in [3.63, 3.8) is 0 Å². The van der Waals surface area contributed by atoms with Crippen LogP contribution in [0.1, 0.15) is 54.6 Å². The van der Waals surface area contributed by atoms with E-state index in [1.54, 1.807) is 25.7 Å². The summed E-state index contributed by atoms with van der Waals surface area (Å²) in [5, 5.41) is 13.8. The molecule has 10 heteroatoms. The molecule has 0 unspecified atom stereocenters. The van der Waals surface area contributed by atoms with Crippen molar-refractivity contribution in [1.29, 1.82) is 0 Å². The average Bonchev–Trinajstić information content (AvgIpc) is 3.39. The van der Waals surface area contributed by atoms with Gasteiger partial charge in [-0.1, -0.05) is 18.2 Å². The third-order valence-electron chi connectivity index (χ3n) is 5.54. The number of aromatic nitrogens is 3. The second-order valence-corrected chi connectivity index (χ2v) is 9.33. The number of alkyl carbamates (subject to hydrolysis) is 1. The zero-order valence-electron chi connectivity index (χ0n) is 19.7. The minimum absolute atomic E-state index is 0.0637. The second kappa shape index (κ2) is 9.58. The van der Waals surface area contributed by atoms with Gasteiger partial charge in [0.05, 0.1) is 12.2 Å². The van der Waals surface area contributed by atoms with Crippen molar-refractivity contribution in [1.82, 2.24) is 30.7 Å². The standard InChI is InChI=1S/C24H30N6O4/c1-24(2,3)34-23(33)25-10-8-21(31)26-13-20-16-14-30(11-9-18(16)28-29-20)22(32)19-12-15-6-4-5-7-17(15)27-19/h4-7,12,27H,8-11,13-14H2,1-3H3,(H,25,33)(H,26,31)(H,28,29). The number of fused-ring (bicyclic) bond motifs is 2. The summed E-state index contributed by atoms with van der Waals surface area (Å²) in [6.45, 7) is 6.75. The number of carbonyl (C=O) groups is 3. The maximum absolute atomic E-state index is 13.1. The molecular formula is C24H30N6O4. The van der Waals surface area contributed by atoms with Crippen LogP contribution in [0.3, 0.4) is 0 Å². The van der Waals surface area contributed by atoms with Crippen LogP contribution in [0, 0.1) is 0 Å². The molecule has 1 aliphatic heterocycles. The van der Waals surface area contributed by atoms with Crippen LogP contribution in [0.15, 0.2) is 30.3 Å². The molecule has 34 heavy (non-hydrogen) atoms. The molecule has 0 radical (unpaired) electrons. The summed E-state index contributed by atoms with van der Waals surface area (Å²) >= 11 is 0. The first-order valence-corrected chi connectivity index (χ1v) is 11.3. The molecule has 0 spiro atoms. The van der Waals surface area contributed by atoms with Gasteiger partial charge in [-0.25, -0.2) is 4.79 Å². The fraction of sp³-hybridized carbons (Fsp3) is 0.417. The predicted octanol–water partition coefficient (Wildman–Crippen LogP) is 2.62. The zero-order valence-corrected chi connectivity index (χ0v) is 19.7. The lowest BCUT2D eigenvalue weighted by atomic mass is 10.0. The van der Waals surface area contributed by atoms with Crippen LogP contribution >= 0.6 is 0 Å². The highest BCUT2D eigenvalue weighted by molar-refractivity contribution is 5.98. The quantitative estimate of drug-likeness (QED) is 0.443. The van der Waals surface area contributed by atoms with E-state index in [0.29, 0.717) is 30.9 Å². The lowest BCUT2D eigenvalue weighted by Gasteiger charge is -2.26. The van der Waals surface area contributed by atoms with Gasteiger partial charge in [0.2, 0.25) is 5.91 Å². The molecule has 1 aromatic carbocycles. The monoisotopic (exact) mass is 466 g/mol. The maximum atomic E-state index is 13.1. The van der Waals surface area contributed by atoms with E-state index in [1.165, 1.54) is 0 Å². The topological polar surface area (TPSA) is 132 Å². The van der Waals surface area contributed by atoms with Crippen LogP contribution < -0.4 is 10.6 Å². The molecule has 1 aliphatic rings. The zero-order chi connectivity index (χ0) is 24.3.